The van der Waals surface area contributed by atoms with E-state index >= 15 is 0 Å². The first-order valence-corrected chi connectivity index (χ1v) is 7.59. The molecule has 1 aliphatic heterocycles. The maximum atomic E-state index is 13.4. The minimum atomic E-state index is -0.238. The van der Waals surface area contributed by atoms with E-state index in [1.54, 1.807) is 37.1 Å². The molecule has 1 amide bonds. The molecule has 5 nitrogen and oxygen atoms in total. The minimum Gasteiger partial charge on any atom is -0.446 e. The lowest BCUT2D eigenvalue weighted by Crippen LogP contribution is -2.43. The summed E-state index contributed by atoms with van der Waals surface area (Å²) in [5.74, 6) is 0.856. The van der Waals surface area contributed by atoms with Crippen molar-refractivity contribution < 1.29 is 18.3 Å². The second kappa shape index (κ2) is 6.50. The van der Waals surface area contributed by atoms with E-state index in [2.05, 4.69) is 4.98 Å². The number of aromatic nitrogens is 1. The van der Waals surface area contributed by atoms with Crippen molar-refractivity contribution in [3.8, 4) is 0 Å². The third kappa shape index (κ3) is 3.59. The van der Waals surface area contributed by atoms with Gasteiger partial charge in [-0.05, 0) is 24.1 Å². The van der Waals surface area contributed by atoms with Gasteiger partial charge in [-0.25, -0.2) is 9.37 Å². The van der Waals surface area contributed by atoms with Gasteiger partial charge in [-0.15, -0.1) is 0 Å². The van der Waals surface area contributed by atoms with Crippen molar-refractivity contribution in [1.82, 2.24) is 9.88 Å². The van der Waals surface area contributed by atoms with Crippen LogP contribution in [0.3, 0.4) is 0 Å². The quantitative estimate of drug-likeness (QED) is 0.873. The van der Waals surface area contributed by atoms with Crippen LogP contribution in [0.25, 0.3) is 0 Å². The van der Waals surface area contributed by atoms with Gasteiger partial charge in [0.05, 0.1) is 25.8 Å². The smallest absolute Gasteiger partial charge is 0.230 e. The zero-order valence-corrected chi connectivity index (χ0v) is 13.2. The van der Waals surface area contributed by atoms with Crippen molar-refractivity contribution >= 4 is 5.91 Å². The Kier molecular flexibility index (Phi) is 4.43. The Morgan fingerprint density at radius 2 is 2.26 bits per heavy atom. The molecular weight excluding hydrogens is 299 g/mol. The number of aryl methyl sites for hydroxylation is 2. The summed E-state index contributed by atoms with van der Waals surface area (Å²) in [5, 5.41) is 0. The van der Waals surface area contributed by atoms with Crippen molar-refractivity contribution in [3.63, 3.8) is 0 Å². The van der Waals surface area contributed by atoms with Crippen LogP contribution in [0.1, 0.15) is 28.9 Å². The lowest BCUT2D eigenvalue weighted by molar-refractivity contribution is -0.138. The third-order valence-corrected chi connectivity index (χ3v) is 3.97. The minimum absolute atomic E-state index is 0.0201. The van der Waals surface area contributed by atoms with E-state index in [1.165, 1.54) is 6.07 Å². The number of ether oxygens (including phenoxy) is 1. The van der Waals surface area contributed by atoms with Gasteiger partial charge in [0.15, 0.2) is 5.89 Å². The number of carbonyl (C=O) groups excluding carboxylic acids is 1. The predicted octanol–water partition coefficient (Wildman–Crippen LogP) is 2.57. The molecule has 0 N–H and O–H groups in total. The zero-order chi connectivity index (χ0) is 16.4. The Morgan fingerprint density at radius 3 is 2.96 bits per heavy atom. The van der Waals surface area contributed by atoms with E-state index in [0.717, 1.165) is 5.56 Å². The maximum absolute atomic E-state index is 13.4. The normalized spacial score (nSPS) is 18.2. The van der Waals surface area contributed by atoms with E-state index in [-0.39, 0.29) is 24.2 Å². The highest BCUT2D eigenvalue weighted by Gasteiger charge is 2.26. The number of oxazole rings is 1. The predicted molar refractivity (Wildman–Crippen MR) is 81.4 cm³/mol. The summed E-state index contributed by atoms with van der Waals surface area (Å²) in [5.41, 5.74) is 1.46. The fourth-order valence-corrected chi connectivity index (χ4v) is 2.69. The second-order valence-electron chi connectivity index (χ2n) is 5.73. The van der Waals surface area contributed by atoms with Gasteiger partial charge in [0, 0.05) is 13.5 Å². The zero-order valence-electron chi connectivity index (χ0n) is 13.2. The molecule has 3 rings (SSSR count). The molecular formula is C17H19FN2O3. The highest BCUT2D eigenvalue weighted by molar-refractivity contribution is 5.78. The van der Waals surface area contributed by atoms with E-state index in [1.807, 2.05) is 0 Å². The van der Waals surface area contributed by atoms with Gasteiger partial charge in [-0.1, -0.05) is 12.1 Å². The van der Waals surface area contributed by atoms with Gasteiger partial charge in [-0.2, -0.15) is 0 Å². The van der Waals surface area contributed by atoms with Gasteiger partial charge >= 0.3 is 0 Å². The molecule has 0 radical (unpaired) electrons. The van der Waals surface area contributed by atoms with Crippen LogP contribution >= 0.6 is 0 Å². The SMILES string of the molecule is Cc1ncc(CC(=O)N2CCOC(c3ccc(F)c(C)c3)C2)o1. The van der Waals surface area contributed by atoms with Crippen LogP contribution in [0.15, 0.2) is 28.8 Å². The van der Waals surface area contributed by atoms with Gasteiger partial charge < -0.3 is 14.1 Å². The van der Waals surface area contributed by atoms with Crippen LogP contribution in [0, 0.1) is 19.7 Å². The molecule has 1 atom stereocenters. The molecule has 1 fully saturated rings. The summed E-state index contributed by atoms with van der Waals surface area (Å²) in [6.45, 7) is 4.92. The Bertz CT molecular complexity index is 714. The van der Waals surface area contributed by atoms with Crippen LogP contribution in [0.5, 0.6) is 0 Å². The van der Waals surface area contributed by atoms with E-state index in [9.17, 15) is 9.18 Å². The molecule has 1 aromatic carbocycles. The largest absolute Gasteiger partial charge is 0.446 e. The van der Waals surface area contributed by atoms with Gasteiger partial charge in [0.25, 0.3) is 0 Å². The molecule has 122 valence electrons. The summed E-state index contributed by atoms with van der Waals surface area (Å²) >= 11 is 0. The Balaban J connectivity index is 1.67. The first kappa shape index (κ1) is 15.7. The van der Waals surface area contributed by atoms with Crippen LogP contribution in [0.4, 0.5) is 4.39 Å². The molecule has 2 aromatic rings. The average molecular weight is 318 g/mol. The van der Waals surface area contributed by atoms with Crippen LogP contribution in [-0.2, 0) is 16.0 Å². The highest BCUT2D eigenvalue weighted by atomic mass is 19.1. The summed E-state index contributed by atoms with van der Waals surface area (Å²) in [7, 11) is 0. The van der Waals surface area contributed by atoms with Gasteiger partial charge in [0.1, 0.15) is 17.7 Å². The second-order valence-corrected chi connectivity index (χ2v) is 5.73. The first-order chi connectivity index (χ1) is 11.0. The lowest BCUT2D eigenvalue weighted by Gasteiger charge is -2.33. The fourth-order valence-electron chi connectivity index (χ4n) is 2.69. The summed E-state index contributed by atoms with van der Waals surface area (Å²) < 4.78 is 24.5. The molecule has 0 saturated carbocycles. The number of hydrogen-bond donors (Lipinski definition) is 0. The molecule has 6 heteroatoms. The summed E-state index contributed by atoms with van der Waals surface area (Å²) in [6.07, 6.45) is 1.54. The molecule has 23 heavy (non-hydrogen) atoms. The van der Waals surface area contributed by atoms with Gasteiger partial charge in [0.2, 0.25) is 5.91 Å². The van der Waals surface area contributed by atoms with E-state index in [4.69, 9.17) is 9.15 Å². The number of amides is 1. The van der Waals surface area contributed by atoms with Crippen molar-refractivity contribution in [2.75, 3.05) is 19.7 Å². The first-order valence-electron chi connectivity index (χ1n) is 7.59. The number of morpholine rings is 1. The number of nitrogens with zero attached hydrogens (tertiary/aromatic N) is 2. The van der Waals surface area contributed by atoms with E-state index < -0.39 is 0 Å². The fraction of sp³-hybridized carbons (Fsp3) is 0.412. The number of benzene rings is 1. The summed E-state index contributed by atoms with van der Waals surface area (Å²) in [6, 6.07) is 4.92. The Morgan fingerprint density at radius 1 is 1.43 bits per heavy atom. The number of carbonyl (C=O) groups is 1. The molecule has 0 bridgehead atoms. The number of halogens is 1. The standard InChI is InChI=1S/C17H19FN2O3/c1-11-7-13(3-4-15(11)18)16-10-20(5-6-22-16)17(21)8-14-9-19-12(2)23-14/h3-4,7,9,16H,5-6,8,10H2,1-2H3. The molecule has 1 unspecified atom stereocenters. The summed E-state index contributed by atoms with van der Waals surface area (Å²) in [4.78, 5) is 18.1. The molecule has 0 spiro atoms. The monoisotopic (exact) mass is 318 g/mol. The van der Waals surface area contributed by atoms with Crippen LogP contribution < -0.4 is 0 Å². The van der Waals surface area contributed by atoms with Crippen molar-refractivity contribution in [2.24, 2.45) is 0 Å². The lowest BCUT2D eigenvalue weighted by atomic mass is 10.0. The van der Waals surface area contributed by atoms with Crippen molar-refractivity contribution in [1.29, 1.82) is 0 Å². The average Bonchev–Trinajstić information content (AvgIpc) is 2.95. The molecule has 1 aliphatic rings. The molecule has 1 saturated heterocycles. The maximum Gasteiger partial charge on any atom is 0.230 e. The van der Waals surface area contributed by atoms with E-state index in [0.29, 0.717) is 36.9 Å². The molecule has 1 aromatic heterocycles. The Labute approximate surface area is 134 Å². The van der Waals surface area contributed by atoms with Gasteiger partial charge in [-0.3, -0.25) is 4.79 Å². The van der Waals surface area contributed by atoms with Crippen molar-refractivity contribution in [2.45, 2.75) is 26.4 Å². The number of hydrogen-bond acceptors (Lipinski definition) is 4. The molecule has 2 heterocycles. The Hall–Kier alpha value is -2.21. The third-order valence-electron chi connectivity index (χ3n) is 3.97. The number of rotatable bonds is 3. The van der Waals surface area contributed by atoms with Crippen LogP contribution in [-0.4, -0.2) is 35.5 Å². The topological polar surface area (TPSA) is 55.6 Å². The van der Waals surface area contributed by atoms with Crippen molar-refractivity contribution in [3.05, 3.63) is 53.0 Å². The molecule has 0 aliphatic carbocycles. The highest BCUT2D eigenvalue weighted by Crippen LogP contribution is 2.24. The van der Waals surface area contributed by atoms with Crippen LogP contribution in [0.2, 0.25) is 0 Å².